The number of carbonyl (C=O) groups excluding carboxylic acids is 1. The fourth-order valence-electron chi connectivity index (χ4n) is 4.30. The van der Waals surface area contributed by atoms with Crippen LogP contribution >= 0.6 is 12.2 Å². The third-order valence-corrected chi connectivity index (χ3v) is 6.07. The highest BCUT2D eigenvalue weighted by Crippen LogP contribution is 2.40. The zero-order valence-corrected chi connectivity index (χ0v) is 17.6. The molecule has 2 N–H and O–H groups in total. The van der Waals surface area contributed by atoms with E-state index in [4.69, 9.17) is 12.2 Å². The maximum atomic E-state index is 12.4. The van der Waals surface area contributed by atoms with Gasteiger partial charge in [0.05, 0.1) is 0 Å². The van der Waals surface area contributed by atoms with Crippen LogP contribution in [0.4, 0.5) is 0 Å². The van der Waals surface area contributed by atoms with E-state index in [2.05, 4.69) is 48.7 Å². The fraction of sp³-hybridized carbons (Fsp3) is 0.417. The van der Waals surface area contributed by atoms with E-state index in [1.54, 1.807) is 12.1 Å². The Hall–Kier alpha value is -2.20. The fourth-order valence-corrected chi connectivity index (χ4v) is 4.60. The molecule has 4 heteroatoms. The summed E-state index contributed by atoms with van der Waals surface area (Å²) in [6.07, 6.45) is 6.59. The molecular formula is C24H30N2OS. The van der Waals surface area contributed by atoms with Crippen molar-refractivity contribution in [2.75, 3.05) is 0 Å². The molecular weight excluding hydrogens is 364 g/mol. The molecule has 0 aromatic heterocycles. The summed E-state index contributed by atoms with van der Waals surface area (Å²) in [6.45, 7) is 4.34. The van der Waals surface area contributed by atoms with Crippen LogP contribution in [0.3, 0.4) is 0 Å². The summed E-state index contributed by atoms with van der Waals surface area (Å²) >= 11 is 5.49. The number of carbonyl (C=O) groups is 1. The van der Waals surface area contributed by atoms with Crippen LogP contribution in [0.2, 0.25) is 0 Å². The molecule has 148 valence electrons. The van der Waals surface area contributed by atoms with Crippen LogP contribution in [0, 0.1) is 6.92 Å². The van der Waals surface area contributed by atoms with E-state index in [1.807, 2.05) is 18.2 Å². The van der Waals surface area contributed by atoms with Crippen molar-refractivity contribution in [2.45, 2.75) is 63.8 Å². The second-order valence-electron chi connectivity index (χ2n) is 7.99. The first kappa shape index (κ1) is 20.5. The number of benzene rings is 2. The Balaban J connectivity index is 1.60. The van der Waals surface area contributed by atoms with Gasteiger partial charge in [0.1, 0.15) is 0 Å². The van der Waals surface area contributed by atoms with Crippen LogP contribution in [0.15, 0.2) is 54.6 Å². The molecule has 0 heterocycles. The van der Waals surface area contributed by atoms with Gasteiger partial charge in [-0.15, -0.1) is 0 Å². The van der Waals surface area contributed by atoms with Crippen LogP contribution in [-0.4, -0.2) is 16.6 Å². The Bertz CT molecular complexity index is 793. The average molecular weight is 395 g/mol. The van der Waals surface area contributed by atoms with Crippen LogP contribution in [-0.2, 0) is 0 Å². The molecule has 2 aromatic rings. The molecule has 1 aliphatic rings. The lowest BCUT2D eigenvalue weighted by molar-refractivity contribution is 0.0975. The van der Waals surface area contributed by atoms with Gasteiger partial charge in [-0.25, -0.2) is 0 Å². The lowest BCUT2D eigenvalue weighted by atomic mass is 9.72. The molecule has 3 rings (SSSR count). The first-order chi connectivity index (χ1) is 13.5. The minimum absolute atomic E-state index is 0.0169. The van der Waals surface area contributed by atoms with Crippen molar-refractivity contribution < 1.29 is 4.79 Å². The van der Waals surface area contributed by atoms with Crippen LogP contribution in [0.1, 0.15) is 72.9 Å². The second-order valence-corrected chi connectivity index (χ2v) is 8.40. The number of thiocarbonyl (C=S) groups is 1. The van der Waals surface area contributed by atoms with Gasteiger partial charge in [0.25, 0.3) is 5.91 Å². The summed E-state index contributed by atoms with van der Waals surface area (Å²) in [7, 11) is 0. The number of amides is 1. The highest BCUT2D eigenvalue weighted by molar-refractivity contribution is 7.80. The Labute approximate surface area is 173 Å². The number of hydrogen-bond acceptors (Lipinski definition) is 2. The Morgan fingerprint density at radius 3 is 2.32 bits per heavy atom. The Morgan fingerprint density at radius 2 is 1.71 bits per heavy atom. The van der Waals surface area contributed by atoms with E-state index >= 15 is 0 Å². The summed E-state index contributed by atoms with van der Waals surface area (Å²) < 4.78 is 0. The van der Waals surface area contributed by atoms with Gasteiger partial charge in [-0.2, -0.15) is 0 Å². The molecule has 28 heavy (non-hydrogen) atoms. The highest BCUT2D eigenvalue weighted by atomic mass is 32.1. The van der Waals surface area contributed by atoms with E-state index in [9.17, 15) is 4.79 Å². The van der Waals surface area contributed by atoms with Gasteiger partial charge in [-0.05, 0) is 74.9 Å². The van der Waals surface area contributed by atoms with E-state index < -0.39 is 0 Å². The van der Waals surface area contributed by atoms with Crippen molar-refractivity contribution in [2.24, 2.45) is 0 Å². The standard InChI is InChI=1S/C24H30N2OS/c1-3-15-24(26-23(28)25-22(27)21-7-5-4-6-8-21)16-13-20(14-17-24)19-11-9-18(2)10-12-19/h4-12,20H,3,13-17H2,1-2H3,(H2,25,26,27,28). The summed E-state index contributed by atoms with van der Waals surface area (Å²) in [6, 6.07) is 18.2. The van der Waals surface area contributed by atoms with Gasteiger partial charge in [0, 0.05) is 11.1 Å². The van der Waals surface area contributed by atoms with Crippen molar-refractivity contribution in [3.63, 3.8) is 0 Å². The molecule has 1 amide bonds. The van der Waals surface area contributed by atoms with Crippen molar-refractivity contribution >= 4 is 23.2 Å². The van der Waals surface area contributed by atoms with E-state index in [1.165, 1.54) is 11.1 Å². The Kier molecular flexibility index (Phi) is 6.84. The van der Waals surface area contributed by atoms with Gasteiger partial charge in [0.2, 0.25) is 0 Å². The molecule has 0 atom stereocenters. The molecule has 0 radical (unpaired) electrons. The predicted octanol–water partition coefficient (Wildman–Crippen LogP) is 5.50. The topological polar surface area (TPSA) is 41.1 Å². The summed E-state index contributed by atoms with van der Waals surface area (Å²) in [5.41, 5.74) is 3.35. The molecule has 0 spiro atoms. The first-order valence-corrected chi connectivity index (χ1v) is 10.7. The smallest absolute Gasteiger partial charge is 0.257 e. The zero-order chi connectivity index (χ0) is 20.0. The largest absolute Gasteiger partial charge is 0.357 e. The van der Waals surface area contributed by atoms with Crippen molar-refractivity contribution in [3.8, 4) is 0 Å². The average Bonchev–Trinajstić information content (AvgIpc) is 2.70. The summed E-state index contributed by atoms with van der Waals surface area (Å²) in [4.78, 5) is 12.4. The third-order valence-electron chi connectivity index (χ3n) is 5.86. The minimum atomic E-state index is -0.155. The molecule has 1 saturated carbocycles. The molecule has 1 aliphatic carbocycles. The lowest BCUT2D eigenvalue weighted by Crippen LogP contribution is -2.54. The van der Waals surface area contributed by atoms with Crippen LogP contribution in [0.5, 0.6) is 0 Å². The van der Waals surface area contributed by atoms with Crippen LogP contribution in [0.25, 0.3) is 0 Å². The highest BCUT2D eigenvalue weighted by Gasteiger charge is 2.35. The SMILES string of the molecule is CCCC1(NC(=S)NC(=O)c2ccccc2)CCC(c2ccc(C)cc2)CC1. The van der Waals surface area contributed by atoms with Gasteiger partial charge in [-0.1, -0.05) is 61.4 Å². The lowest BCUT2D eigenvalue weighted by Gasteiger charge is -2.42. The van der Waals surface area contributed by atoms with E-state index in [-0.39, 0.29) is 11.4 Å². The zero-order valence-electron chi connectivity index (χ0n) is 16.8. The summed E-state index contributed by atoms with van der Waals surface area (Å²) in [5.74, 6) is 0.456. The Morgan fingerprint density at radius 1 is 1.07 bits per heavy atom. The maximum absolute atomic E-state index is 12.4. The van der Waals surface area contributed by atoms with Gasteiger partial charge in [0.15, 0.2) is 5.11 Å². The van der Waals surface area contributed by atoms with E-state index in [0.717, 1.165) is 38.5 Å². The molecule has 3 nitrogen and oxygen atoms in total. The van der Waals surface area contributed by atoms with Crippen molar-refractivity contribution in [3.05, 3.63) is 71.3 Å². The second kappa shape index (κ2) is 9.33. The minimum Gasteiger partial charge on any atom is -0.357 e. The van der Waals surface area contributed by atoms with E-state index in [0.29, 0.717) is 16.6 Å². The molecule has 0 saturated heterocycles. The molecule has 0 aliphatic heterocycles. The predicted molar refractivity (Wildman–Crippen MR) is 120 cm³/mol. The number of aryl methyl sites for hydroxylation is 1. The van der Waals surface area contributed by atoms with Gasteiger partial charge >= 0.3 is 0 Å². The monoisotopic (exact) mass is 394 g/mol. The quantitative estimate of drug-likeness (QED) is 0.658. The van der Waals surface area contributed by atoms with Crippen LogP contribution < -0.4 is 10.6 Å². The molecule has 0 bridgehead atoms. The van der Waals surface area contributed by atoms with Crippen molar-refractivity contribution in [1.29, 1.82) is 0 Å². The number of rotatable bonds is 5. The van der Waals surface area contributed by atoms with Gasteiger partial charge in [-0.3, -0.25) is 10.1 Å². The summed E-state index contributed by atoms with van der Waals surface area (Å²) in [5, 5.41) is 6.81. The first-order valence-electron chi connectivity index (χ1n) is 10.3. The number of hydrogen-bond donors (Lipinski definition) is 2. The third kappa shape index (κ3) is 5.20. The van der Waals surface area contributed by atoms with Gasteiger partial charge < -0.3 is 5.32 Å². The molecule has 1 fully saturated rings. The maximum Gasteiger partial charge on any atom is 0.257 e. The molecule has 0 unspecified atom stereocenters. The van der Waals surface area contributed by atoms with Crippen molar-refractivity contribution in [1.82, 2.24) is 10.6 Å². The normalized spacial score (nSPS) is 21.7. The molecule has 2 aromatic carbocycles. The number of nitrogens with one attached hydrogen (secondary N) is 2.